The summed E-state index contributed by atoms with van der Waals surface area (Å²) in [7, 11) is -2.63. The summed E-state index contributed by atoms with van der Waals surface area (Å²) in [5, 5.41) is 0. The molecule has 1 fully saturated rings. The van der Waals surface area contributed by atoms with E-state index in [0.717, 1.165) is 18.3 Å². The number of sulfone groups is 1. The summed E-state index contributed by atoms with van der Waals surface area (Å²) in [5.74, 6) is 2.86. The molecule has 0 radical (unpaired) electrons. The van der Waals surface area contributed by atoms with Gasteiger partial charge in [-0.1, -0.05) is 46.5 Å². The lowest BCUT2D eigenvalue weighted by Crippen LogP contribution is -2.38. The molecule has 0 amide bonds. The van der Waals surface area contributed by atoms with Gasteiger partial charge >= 0.3 is 0 Å². The zero-order valence-corrected chi connectivity index (χ0v) is 11.7. The van der Waals surface area contributed by atoms with Crippen molar-refractivity contribution in [3.8, 4) is 0 Å². The van der Waals surface area contributed by atoms with Gasteiger partial charge in [-0.2, -0.15) is 0 Å². The Kier molecular flexibility index (Phi) is 5.29. The lowest BCUT2D eigenvalue weighted by Gasteiger charge is -2.32. The molecule has 16 heavy (non-hydrogen) atoms. The molecule has 0 bridgehead atoms. The van der Waals surface area contributed by atoms with Crippen molar-refractivity contribution in [2.24, 2.45) is 17.8 Å². The van der Waals surface area contributed by atoms with Crippen LogP contribution in [0.4, 0.5) is 0 Å². The fraction of sp³-hybridized carbons (Fsp3) is 1.00. The van der Waals surface area contributed by atoms with Crippen LogP contribution in [0.1, 0.15) is 52.9 Å². The lowest BCUT2D eigenvalue weighted by molar-refractivity contribution is 0.260. The number of hydrogen-bond donors (Lipinski definition) is 0. The maximum absolute atomic E-state index is 11.1. The quantitative estimate of drug-likeness (QED) is 0.691. The Morgan fingerprint density at radius 1 is 1.12 bits per heavy atom. The molecule has 2 unspecified atom stereocenters. The largest absolute Gasteiger partial charge is 0.229 e. The number of rotatable bonds is 7. The van der Waals surface area contributed by atoms with E-state index in [9.17, 15) is 8.42 Å². The molecule has 0 saturated carbocycles. The third-order valence-corrected chi connectivity index (χ3v) is 5.78. The first-order chi connectivity index (χ1) is 7.48. The Morgan fingerprint density at radius 2 is 1.69 bits per heavy atom. The van der Waals surface area contributed by atoms with Gasteiger partial charge in [0, 0.05) is 0 Å². The van der Waals surface area contributed by atoms with Crippen LogP contribution in [0, 0.1) is 17.8 Å². The highest BCUT2D eigenvalue weighted by atomic mass is 32.2. The second-order valence-electron chi connectivity index (χ2n) is 5.49. The second kappa shape index (κ2) is 6.04. The van der Waals surface area contributed by atoms with Crippen LogP contribution < -0.4 is 0 Å². The first kappa shape index (κ1) is 14.0. The molecule has 1 heterocycles. The van der Waals surface area contributed by atoms with Gasteiger partial charge in [-0.15, -0.1) is 0 Å². The van der Waals surface area contributed by atoms with Crippen LogP contribution in [0.5, 0.6) is 0 Å². The first-order valence-corrected chi connectivity index (χ1v) is 8.51. The molecule has 96 valence electrons. The molecule has 1 rings (SSSR count). The minimum Gasteiger partial charge on any atom is -0.229 e. The SMILES string of the molecule is CCCC(C)C(CCC)CC1CS(=O)(=O)C1. The lowest BCUT2D eigenvalue weighted by atomic mass is 9.81. The summed E-state index contributed by atoms with van der Waals surface area (Å²) in [6, 6.07) is 0. The highest BCUT2D eigenvalue weighted by Gasteiger charge is 2.35. The third kappa shape index (κ3) is 4.08. The molecule has 2 atom stereocenters. The van der Waals surface area contributed by atoms with Crippen molar-refractivity contribution in [2.75, 3.05) is 11.5 Å². The summed E-state index contributed by atoms with van der Waals surface area (Å²) >= 11 is 0. The molecule has 3 heteroatoms. The zero-order chi connectivity index (χ0) is 12.2. The molecule has 0 aromatic heterocycles. The smallest absolute Gasteiger partial charge is 0.150 e. The van der Waals surface area contributed by atoms with Crippen molar-refractivity contribution in [2.45, 2.75) is 52.9 Å². The van der Waals surface area contributed by atoms with Crippen molar-refractivity contribution in [3.63, 3.8) is 0 Å². The second-order valence-corrected chi connectivity index (χ2v) is 7.65. The van der Waals surface area contributed by atoms with Gasteiger partial charge in [0.25, 0.3) is 0 Å². The van der Waals surface area contributed by atoms with Crippen molar-refractivity contribution >= 4 is 9.84 Å². The zero-order valence-electron chi connectivity index (χ0n) is 10.9. The summed E-state index contributed by atoms with van der Waals surface area (Å²) in [6.07, 6.45) is 6.14. The number of hydrogen-bond acceptors (Lipinski definition) is 2. The van der Waals surface area contributed by atoms with Crippen LogP contribution in [-0.4, -0.2) is 19.9 Å². The minimum absolute atomic E-state index is 0.450. The molecule has 0 aromatic rings. The monoisotopic (exact) mass is 246 g/mol. The molecule has 1 aliphatic rings. The van der Waals surface area contributed by atoms with Gasteiger partial charge in [0.2, 0.25) is 0 Å². The van der Waals surface area contributed by atoms with Crippen molar-refractivity contribution in [1.82, 2.24) is 0 Å². The first-order valence-electron chi connectivity index (χ1n) is 6.69. The van der Waals surface area contributed by atoms with Gasteiger partial charge in [-0.05, 0) is 24.2 Å². The highest BCUT2D eigenvalue weighted by molar-refractivity contribution is 7.92. The fourth-order valence-electron chi connectivity index (χ4n) is 2.93. The van der Waals surface area contributed by atoms with E-state index in [2.05, 4.69) is 20.8 Å². The van der Waals surface area contributed by atoms with Gasteiger partial charge < -0.3 is 0 Å². The summed E-state index contributed by atoms with van der Waals surface area (Å²) in [6.45, 7) is 6.79. The third-order valence-electron chi connectivity index (χ3n) is 3.82. The van der Waals surface area contributed by atoms with E-state index in [-0.39, 0.29) is 0 Å². The van der Waals surface area contributed by atoms with E-state index in [4.69, 9.17) is 0 Å². The van der Waals surface area contributed by atoms with Crippen LogP contribution in [0.3, 0.4) is 0 Å². The Balaban J connectivity index is 2.39. The molecule has 2 nitrogen and oxygen atoms in total. The average Bonchev–Trinajstić information content (AvgIpc) is 2.14. The molecular weight excluding hydrogens is 220 g/mol. The maximum atomic E-state index is 11.1. The van der Waals surface area contributed by atoms with Gasteiger partial charge in [0.05, 0.1) is 11.5 Å². The molecule has 1 saturated heterocycles. The standard InChI is InChI=1S/C13H26O2S/c1-4-6-11(3)13(7-5-2)8-12-9-16(14,15)10-12/h11-13H,4-10H2,1-3H3. The predicted molar refractivity (Wildman–Crippen MR) is 69.2 cm³/mol. The molecule has 0 aromatic carbocycles. The van der Waals surface area contributed by atoms with Crippen LogP contribution in [0.15, 0.2) is 0 Å². The van der Waals surface area contributed by atoms with Gasteiger partial charge in [-0.25, -0.2) is 8.42 Å². The minimum atomic E-state index is -2.63. The van der Waals surface area contributed by atoms with Crippen LogP contribution >= 0.6 is 0 Å². The van der Waals surface area contributed by atoms with Crippen molar-refractivity contribution in [3.05, 3.63) is 0 Å². The van der Waals surface area contributed by atoms with Crippen molar-refractivity contribution < 1.29 is 8.42 Å². The Bertz CT molecular complexity index is 283. The summed E-state index contributed by atoms with van der Waals surface area (Å²) < 4.78 is 22.3. The van der Waals surface area contributed by atoms with Crippen LogP contribution in [0.25, 0.3) is 0 Å². The maximum Gasteiger partial charge on any atom is 0.150 e. The topological polar surface area (TPSA) is 34.1 Å². The molecule has 0 spiro atoms. The normalized spacial score (nSPS) is 23.7. The Morgan fingerprint density at radius 3 is 2.12 bits per heavy atom. The Hall–Kier alpha value is -0.0500. The summed E-state index contributed by atoms with van der Waals surface area (Å²) in [5.41, 5.74) is 0. The molecule has 0 aliphatic carbocycles. The van der Waals surface area contributed by atoms with Gasteiger partial charge in [0.1, 0.15) is 0 Å². The van der Waals surface area contributed by atoms with E-state index < -0.39 is 9.84 Å². The molecule has 0 N–H and O–H groups in total. The molecular formula is C13H26O2S. The van der Waals surface area contributed by atoms with E-state index in [1.807, 2.05) is 0 Å². The average molecular weight is 246 g/mol. The van der Waals surface area contributed by atoms with Crippen LogP contribution in [-0.2, 0) is 9.84 Å². The van der Waals surface area contributed by atoms with Gasteiger partial charge in [0.15, 0.2) is 9.84 Å². The van der Waals surface area contributed by atoms with Crippen LogP contribution in [0.2, 0.25) is 0 Å². The fourth-order valence-corrected chi connectivity index (χ4v) is 4.54. The van der Waals surface area contributed by atoms with E-state index in [0.29, 0.717) is 17.4 Å². The van der Waals surface area contributed by atoms with E-state index >= 15 is 0 Å². The van der Waals surface area contributed by atoms with Gasteiger partial charge in [-0.3, -0.25) is 0 Å². The predicted octanol–water partition coefficient (Wildman–Crippen LogP) is 3.27. The summed E-state index contributed by atoms with van der Waals surface area (Å²) in [4.78, 5) is 0. The van der Waals surface area contributed by atoms with E-state index in [1.54, 1.807) is 0 Å². The molecule has 1 aliphatic heterocycles. The Labute approximate surface area is 101 Å². The van der Waals surface area contributed by atoms with Crippen molar-refractivity contribution in [1.29, 1.82) is 0 Å². The highest BCUT2D eigenvalue weighted by Crippen LogP contribution is 2.33. The van der Waals surface area contributed by atoms with E-state index in [1.165, 1.54) is 25.7 Å².